The molecule has 14 heavy (non-hydrogen) atoms. The predicted octanol–water partition coefficient (Wildman–Crippen LogP) is 0.666. The Bertz CT molecular complexity index is 354. The second-order valence-electron chi connectivity index (χ2n) is 2.23. The van der Waals surface area contributed by atoms with Gasteiger partial charge in [-0.3, -0.25) is 4.99 Å². The van der Waals surface area contributed by atoms with E-state index in [0.29, 0.717) is 11.3 Å². The van der Waals surface area contributed by atoms with E-state index < -0.39 is 0 Å². The third-order valence-corrected chi connectivity index (χ3v) is 1.27. The van der Waals surface area contributed by atoms with E-state index in [2.05, 4.69) is 28.2 Å². The first-order chi connectivity index (χ1) is 6.65. The molecule has 0 radical (unpaired) electrons. The number of hydrogen-bond acceptors (Lipinski definition) is 5. The average Bonchev–Trinajstić information content (AvgIpc) is 2.21. The second-order valence-corrected chi connectivity index (χ2v) is 2.23. The number of nitrogens with two attached hydrogens (primary N) is 1. The standard InChI is InChI=1S/C9H11N5/c1-7(5-13-8(2)4-10)9(12-3)6-14-11/h5-6H,1-2,11H2,3H3. The molecule has 0 fully saturated rings. The number of hydrazone groups is 1. The Morgan fingerprint density at radius 2 is 2.07 bits per heavy atom. The molecule has 0 spiro atoms. The third-order valence-electron chi connectivity index (χ3n) is 1.27. The highest BCUT2D eigenvalue weighted by Crippen LogP contribution is 1.93. The number of hydrogen-bond donors (Lipinski definition) is 1. The van der Waals surface area contributed by atoms with Crippen molar-refractivity contribution in [3.63, 3.8) is 0 Å². The molecule has 0 saturated heterocycles. The number of nitrogens with zero attached hydrogens (tertiary/aromatic N) is 4. The first kappa shape index (κ1) is 11.8. The molecule has 0 heterocycles. The summed E-state index contributed by atoms with van der Waals surface area (Å²) in [5.41, 5.74) is 1.12. The van der Waals surface area contributed by atoms with E-state index in [1.165, 1.54) is 12.4 Å². The first-order valence-electron chi connectivity index (χ1n) is 3.68. The molecule has 72 valence electrons. The van der Waals surface area contributed by atoms with E-state index in [0.717, 1.165) is 0 Å². The molecule has 0 aliphatic carbocycles. The smallest absolute Gasteiger partial charge is 0.133 e. The van der Waals surface area contributed by atoms with Gasteiger partial charge in [-0.15, -0.1) is 0 Å². The highest BCUT2D eigenvalue weighted by Gasteiger charge is 1.97. The van der Waals surface area contributed by atoms with Crippen molar-refractivity contribution >= 4 is 18.1 Å². The SMILES string of the molecule is C=C(C#N)N=CC(=C)C(C=NN)=NC. The lowest BCUT2D eigenvalue weighted by atomic mass is 10.2. The van der Waals surface area contributed by atoms with Crippen LogP contribution in [0, 0.1) is 11.3 Å². The van der Waals surface area contributed by atoms with Crippen LogP contribution in [0.2, 0.25) is 0 Å². The van der Waals surface area contributed by atoms with Crippen molar-refractivity contribution in [3.05, 3.63) is 24.4 Å². The van der Waals surface area contributed by atoms with Crippen LogP contribution in [-0.4, -0.2) is 25.2 Å². The molecule has 0 atom stereocenters. The molecule has 0 aromatic rings. The van der Waals surface area contributed by atoms with E-state index in [9.17, 15) is 0 Å². The van der Waals surface area contributed by atoms with E-state index >= 15 is 0 Å². The van der Waals surface area contributed by atoms with Crippen LogP contribution in [0.4, 0.5) is 0 Å². The minimum absolute atomic E-state index is 0.103. The molecule has 0 unspecified atom stereocenters. The molecule has 0 aliphatic rings. The van der Waals surface area contributed by atoms with Crippen LogP contribution in [-0.2, 0) is 0 Å². The Balaban J connectivity index is 4.58. The van der Waals surface area contributed by atoms with Gasteiger partial charge in [0.1, 0.15) is 11.8 Å². The molecule has 0 bridgehead atoms. The van der Waals surface area contributed by atoms with Gasteiger partial charge in [0.15, 0.2) is 0 Å². The van der Waals surface area contributed by atoms with E-state index in [4.69, 9.17) is 11.1 Å². The van der Waals surface area contributed by atoms with Crippen molar-refractivity contribution in [1.82, 2.24) is 0 Å². The molecule has 5 heteroatoms. The topological polar surface area (TPSA) is 86.9 Å². The first-order valence-corrected chi connectivity index (χ1v) is 3.68. The molecule has 0 aromatic carbocycles. The van der Waals surface area contributed by atoms with Crippen LogP contribution < -0.4 is 5.84 Å². The van der Waals surface area contributed by atoms with E-state index in [1.807, 2.05) is 0 Å². The maximum absolute atomic E-state index is 8.38. The number of rotatable bonds is 4. The maximum atomic E-state index is 8.38. The van der Waals surface area contributed by atoms with Gasteiger partial charge < -0.3 is 5.84 Å². The zero-order valence-corrected chi connectivity index (χ0v) is 7.94. The molecule has 0 saturated carbocycles. The van der Waals surface area contributed by atoms with Gasteiger partial charge in [-0.05, 0) is 0 Å². The van der Waals surface area contributed by atoms with Crippen LogP contribution in [0.25, 0.3) is 0 Å². The van der Waals surface area contributed by atoms with Crippen LogP contribution >= 0.6 is 0 Å². The number of allylic oxidation sites excluding steroid dienone is 2. The van der Waals surface area contributed by atoms with Crippen molar-refractivity contribution in [2.45, 2.75) is 0 Å². The Morgan fingerprint density at radius 3 is 2.50 bits per heavy atom. The summed E-state index contributed by atoms with van der Waals surface area (Å²) < 4.78 is 0. The fourth-order valence-electron chi connectivity index (χ4n) is 0.606. The largest absolute Gasteiger partial charge is 0.323 e. The number of aliphatic imine (C=N–C) groups is 2. The molecule has 5 nitrogen and oxygen atoms in total. The van der Waals surface area contributed by atoms with Gasteiger partial charge in [0.2, 0.25) is 0 Å². The van der Waals surface area contributed by atoms with Gasteiger partial charge in [-0.25, -0.2) is 4.99 Å². The van der Waals surface area contributed by atoms with Crippen LogP contribution in [0.15, 0.2) is 39.5 Å². The fraction of sp³-hybridized carbons (Fsp3) is 0.111. The van der Waals surface area contributed by atoms with Gasteiger partial charge in [0.25, 0.3) is 0 Å². The molecular formula is C9H11N5. The Morgan fingerprint density at radius 1 is 1.43 bits per heavy atom. The Hall–Kier alpha value is -2.22. The normalized spacial score (nSPS) is 11.9. The summed E-state index contributed by atoms with van der Waals surface area (Å²) >= 11 is 0. The van der Waals surface area contributed by atoms with Gasteiger partial charge in [-0.1, -0.05) is 13.2 Å². The zero-order chi connectivity index (χ0) is 11.0. The average molecular weight is 189 g/mol. The Kier molecular flexibility index (Phi) is 5.31. The Labute approximate surface area is 82.7 Å². The lowest BCUT2D eigenvalue weighted by Gasteiger charge is -1.95. The second kappa shape index (κ2) is 6.31. The van der Waals surface area contributed by atoms with Crippen LogP contribution in [0.3, 0.4) is 0 Å². The predicted molar refractivity (Wildman–Crippen MR) is 58.4 cm³/mol. The minimum atomic E-state index is 0.103. The molecule has 0 amide bonds. The summed E-state index contributed by atoms with van der Waals surface area (Å²) in [6.45, 7) is 7.05. The quantitative estimate of drug-likeness (QED) is 0.305. The van der Waals surface area contributed by atoms with E-state index in [-0.39, 0.29) is 5.70 Å². The van der Waals surface area contributed by atoms with Gasteiger partial charge in [-0.2, -0.15) is 10.4 Å². The lowest BCUT2D eigenvalue weighted by molar-refractivity contribution is 1.27. The van der Waals surface area contributed by atoms with Crippen molar-refractivity contribution < 1.29 is 0 Å². The van der Waals surface area contributed by atoms with Gasteiger partial charge >= 0.3 is 0 Å². The summed E-state index contributed by atoms with van der Waals surface area (Å²) in [4.78, 5) is 7.60. The summed E-state index contributed by atoms with van der Waals surface area (Å²) in [6, 6.07) is 1.78. The summed E-state index contributed by atoms with van der Waals surface area (Å²) in [5, 5.41) is 11.7. The molecular weight excluding hydrogens is 178 g/mol. The molecule has 2 N–H and O–H groups in total. The van der Waals surface area contributed by atoms with Crippen molar-refractivity contribution in [3.8, 4) is 6.07 Å². The van der Waals surface area contributed by atoms with Crippen molar-refractivity contribution in [2.24, 2.45) is 20.9 Å². The van der Waals surface area contributed by atoms with Crippen LogP contribution in [0.5, 0.6) is 0 Å². The summed E-state index contributed by atoms with van der Waals surface area (Å²) in [6.07, 6.45) is 2.74. The fourth-order valence-corrected chi connectivity index (χ4v) is 0.606. The minimum Gasteiger partial charge on any atom is -0.323 e. The number of nitriles is 1. The highest BCUT2D eigenvalue weighted by molar-refractivity contribution is 6.43. The van der Waals surface area contributed by atoms with Crippen molar-refractivity contribution in [2.75, 3.05) is 7.05 Å². The monoisotopic (exact) mass is 189 g/mol. The van der Waals surface area contributed by atoms with Crippen molar-refractivity contribution in [1.29, 1.82) is 5.26 Å². The molecule has 0 rings (SSSR count). The molecule has 0 aromatic heterocycles. The zero-order valence-electron chi connectivity index (χ0n) is 7.94. The summed E-state index contributed by atoms with van der Waals surface area (Å²) in [7, 11) is 1.58. The van der Waals surface area contributed by atoms with E-state index in [1.54, 1.807) is 13.1 Å². The highest BCUT2D eigenvalue weighted by atomic mass is 15.1. The maximum Gasteiger partial charge on any atom is 0.133 e. The van der Waals surface area contributed by atoms with Crippen LogP contribution in [0.1, 0.15) is 0 Å². The lowest BCUT2D eigenvalue weighted by Crippen LogP contribution is -2.06. The summed E-state index contributed by atoms with van der Waals surface area (Å²) in [5.74, 6) is 4.96. The molecule has 0 aliphatic heterocycles. The van der Waals surface area contributed by atoms with Gasteiger partial charge in [0.05, 0.1) is 11.9 Å². The van der Waals surface area contributed by atoms with Gasteiger partial charge in [0, 0.05) is 18.8 Å². The third kappa shape index (κ3) is 3.97.